The number of aliphatic carboxylic acids is 1. The summed E-state index contributed by atoms with van der Waals surface area (Å²) in [5.74, 6) is -0.299. The van der Waals surface area contributed by atoms with E-state index in [-0.39, 0.29) is 11.7 Å². The van der Waals surface area contributed by atoms with Crippen molar-refractivity contribution in [3.05, 3.63) is 23.8 Å². The number of nitrogens with zero attached hydrogens (tertiary/aromatic N) is 1. The third-order valence-electron chi connectivity index (χ3n) is 4.39. The molecule has 1 aromatic carbocycles. The van der Waals surface area contributed by atoms with E-state index in [0.717, 1.165) is 19.5 Å². The van der Waals surface area contributed by atoms with Gasteiger partial charge in [0.2, 0.25) is 0 Å². The molecule has 1 aromatic rings. The third kappa shape index (κ3) is 4.96. The summed E-state index contributed by atoms with van der Waals surface area (Å²) in [5, 5.41) is 9.00. The minimum Gasteiger partial charge on any atom is -0.491 e. The van der Waals surface area contributed by atoms with Gasteiger partial charge < -0.3 is 20.5 Å². The van der Waals surface area contributed by atoms with Crippen molar-refractivity contribution < 1.29 is 19.4 Å². The summed E-state index contributed by atoms with van der Waals surface area (Å²) < 4.78 is 5.51. The van der Waals surface area contributed by atoms with Crippen molar-refractivity contribution in [2.24, 2.45) is 5.92 Å². The van der Waals surface area contributed by atoms with E-state index >= 15 is 0 Å². The van der Waals surface area contributed by atoms with Crippen LogP contribution in [0.25, 0.3) is 0 Å². The normalized spacial score (nSPS) is 16.0. The van der Waals surface area contributed by atoms with Crippen LogP contribution in [0.15, 0.2) is 18.2 Å². The number of nitrogen functional groups attached to an aromatic ring is 1. The SMILES string of the molecule is CCCOc1ccc(C(=O)CCN2CCC(C(=O)O)CC2)cc1N. The first kappa shape index (κ1) is 18.3. The first-order valence-corrected chi connectivity index (χ1v) is 8.52. The van der Waals surface area contributed by atoms with Gasteiger partial charge in [0.1, 0.15) is 5.75 Å². The highest BCUT2D eigenvalue weighted by Gasteiger charge is 2.24. The van der Waals surface area contributed by atoms with Crippen molar-refractivity contribution in [1.82, 2.24) is 4.90 Å². The summed E-state index contributed by atoms with van der Waals surface area (Å²) in [7, 11) is 0. The van der Waals surface area contributed by atoms with E-state index in [9.17, 15) is 9.59 Å². The van der Waals surface area contributed by atoms with Crippen LogP contribution in [-0.4, -0.2) is 48.0 Å². The number of carboxylic acid groups (broad SMARTS) is 1. The largest absolute Gasteiger partial charge is 0.491 e. The van der Waals surface area contributed by atoms with E-state index in [1.165, 1.54) is 0 Å². The Morgan fingerprint density at radius 1 is 1.33 bits per heavy atom. The first-order chi connectivity index (χ1) is 11.5. The van der Waals surface area contributed by atoms with Gasteiger partial charge in [-0.25, -0.2) is 0 Å². The first-order valence-electron chi connectivity index (χ1n) is 8.52. The quantitative estimate of drug-likeness (QED) is 0.560. The zero-order chi connectivity index (χ0) is 17.5. The number of piperidine rings is 1. The van der Waals surface area contributed by atoms with E-state index in [1.807, 2.05) is 6.92 Å². The maximum atomic E-state index is 12.3. The second-order valence-electron chi connectivity index (χ2n) is 6.23. The molecule has 0 atom stereocenters. The number of benzene rings is 1. The molecule has 0 unspecified atom stereocenters. The number of ketones is 1. The minimum atomic E-state index is -0.716. The Morgan fingerprint density at radius 2 is 2.04 bits per heavy atom. The van der Waals surface area contributed by atoms with Crippen LogP contribution in [0.3, 0.4) is 0 Å². The van der Waals surface area contributed by atoms with E-state index in [1.54, 1.807) is 18.2 Å². The van der Waals surface area contributed by atoms with Crippen molar-refractivity contribution in [2.75, 3.05) is 32.0 Å². The topological polar surface area (TPSA) is 92.9 Å². The lowest BCUT2D eigenvalue weighted by Gasteiger charge is -2.29. The standard InChI is InChI=1S/C18H26N2O4/c1-2-11-24-17-4-3-14(12-15(17)19)16(21)7-10-20-8-5-13(6-9-20)18(22)23/h3-4,12-13H,2,5-11,19H2,1H3,(H,22,23). The van der Waals surface area contributed by atoms with Gasteiger partial charge in [-0.15, -0.1) is 0 Å². The molecule has 0 saturated carbocycles. The van der Waals surface area contributed by atoms with Crippen LogP contribution in [0.4, 0.5) is 5.69 Å². The molecule has 0 aromatic heterocycles. The second-order valence-corrected chi connectivity index (χ2v) is 6.23. The number of hydrogen-bond donors (Lipinski definition) is 2. The van der Waals surface area contributed by atoms with Gasteiger partial charge in [0.15, 0.2) is 5.78 Å². The lowest BCUT2D eigenvalue weighted by molar-refractivity contribution is -0.143. The maximum absolute atomic E-state index is 12.3. The van der Waals surface area contributed by atoms with E-state index < -0.39 is 5.97 Å². The molecule has 1 fully saturated rings. The molecule has 132 valence electrons. The number of Topliss-reactive ketones (excluding diaryl/α,β-unsaturated/α-hetero) is 1. The molecule has 24 heavy (non-hydrogen) atoms. The lowest BCUT2D eigenvalue weighted by Crippen LogP contribution is -2.37. The number of hydrogen-bond acceptors (Lipinski definition) is 5. The fraction of sp³-hybridized carbons (Fsp3) is 0.556. The monoisotopic (exact) mass is 334 g/mol. The zero-order valence-electron chi connectivity index (χ0n) is 14.2. The van der Waals surface area contributed by atoms with E-state index in [0.29, 0.717) is 49.4 Å². The summed E-state index contributed by atoms with van der Waals surface area (Å²) in [5.41, 5.74) is 7.02. The molecule has 2 rings (SSSR count). The molecule has 1 aliphatic rings. The number of ether oxygens (including phenoxy) is 1. The zero-order valence-corrected chi connectivity index (χ0v) is 14.2. The van der Waals surface area contributed by atoms with Crippen LogP contribution >= 0.6 is 0 Å². The van der Waals surface area contributed by atoms with Crippen LogP contribution in [0.2, 0.25) is 0 Å². The molecular formula is C18H26N2O4. The average molecular weight is 334 g/mol. The van der Waals surface area contributed by atoms with Gasteiger partial charge in [0, 0.05) is 18.5 Å². The molecule has 0 aliphatic carbocycles. The Balaban J connectivity index is 1.82. The van der Waals surface area contributed by atoms with Crippen molar-refractivity contribution in [3.63, 3.8) is 0 Å². The number of carbonyl (C=O) groups excluding carboxylic acids is 1. The molecule has 0 amide bonds. The van der Waals surface area contributed by atoms with E-state index in [2.05, 4.69) is 4.90 Å². The Morgan fingerprint density at radius 3 is 2.62 bits per heavy atom. The van der Waals surface area contributed by atoms with Gasteiger partial charge in [0.25, 0.3) is 0 Å². The van der Waals surface area contributed by atoms with Crippen LogP contribution < -0.4 is 10.5 Å². The van der Waals surface area contributed by atoms with E-state index in [4.69, 9.17) is 15.6 Å². The molecule has 6 nitrogen and oxygen atoms in total. The predicted octanol–water partition coefficient (Wildman–Crippen LogP) is 2.43. The van der Waals surface area contributed by atoms with Crippen LogP contribution in [0.1, 0.15) is 43.0 Å². The van der Waals surface area contributed by atoms with Crippen molar-refractivity contribution in [3.8, 4) is 5.75 Å². The number of carboxylic acids is 1. The van der Waals surface area contributed by atoms with Gasteiger partial charge in [-0.1, -0.05) is 6.92 Å². The Labute approximate surface area is 142 Å². The molecule has 1 heterocycles. The van der Waals surface area contributed by atoms with Gasteiger partial charge in [0.05, 0.1) is 18.2 Å². The molecule has 1 aliphatic heterocycles. The maximum Gasteiger partial charge on any atom is 0.306 e. The fourth-order valence-corrected chi connectivity index (χ4v) is 2.87. The Hall–Kier alpha value is -2.08. The molecule has 0 spiro atoms. The number of carbonyl (C=O) groups is 2. The summed E-state index contributed by atoms with van der Waals surface area (Å²) in [6.07, 6.45) is 2.62. The van der Waals surface area contributed by atoms with Crippen LogP contribution in [0.5, 0.6) is 5.75 Å². The molecule has 6 heteroatoms. The van der Waals surface area contributed by atoms with Crippen molar-refractivity contribution >= 4 is 17.4 Å². The Bertz CT molecular complexity index is 580. The molecule has 0 bridgehead atoms. The smallest absolute Gasteiger partial charge is 0.306 e. The second kappa shape index (κ2) is 8.68. The minimum absolute atomic E-state index is 0.0455. The number of rotatable bonds is 8. The molecule has 0 radical (unpaired) electrons. The molecular weight excluding hydrogens is 308 g/mol. The third-order valence-corrected chi connectivity index (χ3v) is 4.39. The molecule has 1 saturated heterocycles. The van der Waals surface area contributed by atoms with Gasteiger partial charge >= 0.3 is 5.97 Å². The highest BCUT2D eigenvalue weighted by molar-refractivity contribution is 5.97. The van der Waals surface area contributed by atoms with Crippen molar-refractivity contribution in [1.29, 1.82) is 0 Å². The average Bonchev–Trinajstić information content (AvgIpc) is 2.59. The number of nitrogens with two attached hydrogens (primary N) is 1. The number of anilines is 1. The molecule has 3 N–H and O–H groups in total. The number of likely N-dealkylation sites (tertiary alicyclic amines) is 1. The van der Waals surface area contributed by atoms with Crippen LogP contribution in [0, 0.1) is 5.92 Å². The van der Waals surface area contributed by atoms with Gasteiger partial charge in [-0.05, 0) is 50.6 Å². The predicted molar refractivity (Wildman–Crippen MR) is 92.4 cm³/mol. The van der Waals surface area contributed by atoms with Gasteiger partial charge in [-0.3, -0.25) is 9.59 Å². The highest BCUT2D eigenvalue weighted by atomic mass is 16.5. The van der Waals surface area contributed by atoms with Gasteiger partial charge in [-0.2, -0.15) is 0 Å². The van der Waals surface area contributed by atoms with Crippen LogP contribution in [-0.2, 0) is 4.79 Å². The summed E-state index contributed by atoms with van der Waals surface area (Å²) in [6, 6.07) is 5.17. The fourth-order valence-electron chi connectivity index (χ4n) is 2.87. The Kier molecular flexibility index (Phi) is 6.61. The highest BCUT2D eigenvalue weighted by Crippen LogP contribution is 2.24. The summed E-state index contributed by atoms with van der Waals surface area (Å²) in [6.45, 7) is 4.74. The van der Waals surface area contributed by atoms with Crippen molar-refractivity contribution in [2.45, 2.75) is 32.6 Å². The summed E-state index contributed by atoms with van der Waals surface area (Å²) in [4.78, 5) is 25.4. The summed E-state index contributed by atoms with van der Waals surface area (Å²) >= 11 is 0. The lowest BCUT2D eigenvalue weighted by atomic mass is 9.97.